The first-order valence-electron chi connectivity index (χ1n) is 6.24. The molecular weight excluding hydrogens is 259 g/mol. The summed E-state index contributed by atoms with van der Waals surface area (Å²) in [5.41, 5.74) is 1.29. The van der Waals surface area contributed by atoms with Gasteiger partial charge in [0.25, 0.3) is 0 Å². The molecule has 0 bridgehead atoms. The van der Waals surface area contributed by atoms with Gasteiger partial charge in [-0.3, -0.25) is 4.79 Å². The highest BCUT2D eigenvalue weighted by molar-refractivity contribution is 5.79. The number of hydrogen-bond acceptors (Lipinski definition) is 3. The van der Waals surface area contributed by atoms with Crippen molar-refractivity contribution in [3.8, 4) is 11.5 Å². The lowest BCUT2D eigenvalue weighted by Crippen LogP contribution is -1.96. The number of carbonyl (C=O) groups is 1. The molecule has 0 saturated carbocycles. The van der Waals surface area contributed by atoms with Crippen molar-refractivity contribution >= 4 is 6.29 Å². The fourth-order valence-electron chi connectivity index (χ4n) is 1.79. The lowest BCUT2D eigenvalue weighted by atomic mass is 10.1. The van der Waals surface area contributed by atoms with E-state index >= 15 is 0 Å². The standard InChI is InChI=1S/C16H15FO3/c1-19-10-9-12-5-7-14(8-6-12)20-16-13(11-18)3-2-4-15(16)17/h2-8,11H,9-10H2,1H3. The van der Waals surface area contributed by atoms with E-state index in [0.717, 1.165) is 12.0 Å². The SMILES string of the molecule is COCCc1ccc(Oc2c(F)cccc2C=O)cc1. The zero-order valence-corrected chi connectivity index (χ0v) is 11.1. The number of benzene rings is 2. The van der Waals surface area contributed by atoms with Crippen LogP contribution in [0.25, 0.3) is 0 Å². The monoisotopic (exact) mass is 274 g/mol. The van der Waals surface area contributed by atoms with E-state index in [1.54, 1.807) is 19.2 Å². The molecule has 0 spiro atoms. The van der Waals surface area contributed by atoms with E-state index in [-0.39, 0.29) is 11.3 Å². The summed E-state index contributed by atoms with van der Waals surface area (Å²) in [4.78, 5) is 10.9. The van der Waals surface area contributed by atoms with Crippen LogP contribution in [0.3, 0.4) is 0 Å². The lowest BCUT2D eigenvalue weighted by molar-refractivity contribution is 0.112. The number of hydrogen-bond donors (Lipinski definition) is 0. The summed E-state index contributed by atoms with van der Waals surface area (Å²) in [6.45, 7) is 0.642. The van der Waals surface area contributed by atoms with Gasteiger partial charge in [-0.2, -0.15) is 0 Å². The zero-order chi connectivity index (χ0) is 14.4. The maximum absolute atomic E-state index is 13.7. The van der Waals surface area contributed by atoms with Gasteiger partial charge in [-0.25, -0.2) is 4.39 Å². The van der Waals surface area contributed by atoms with Crippen LogP contribution in [-0.2, 0) is 11.2 Å². The predicted octanol–water partition coefficient (Wildman–Crippen LogP) is 3.62. The predicted molar refractivity (Wildman–Crippen MR) is 73.9 cm³/mol. The van der Waals surface area contributed by atoms with Gasteiger partial charge < -0.3 is 9.47 Å². The number of methoxy groups -OCH3 is 1. The molecule has 0 aliphatic heterocycles. The summed E-state index contributed by atoms with van der Waals surface area (Å²) in [6, 6.07) is 11.5. The largest absolute Gasteiger partial charge is 0.454 e. The Morgan fingerprint density at radius 2 is 1.90 bits per heavy atom. The molecule has 0 aliphatic rings. The van der Waals surface area contributed by atoms with Crippen LogP contribution in [0.15, 0.2) is 42.5 Å². The van der Waals surface area contributed by atoms with Crippen LogP contribution in [0.4, 0.5) is 4.39 Å². The molecule has 0 N–H and O–H groups in total. The highest BCUT2D eigenvalue weighted by Crippen LogP contribution is 2.27. The lowest BCUT2D eigenvalue weighted by Gasteiger charge is -2.09. The third kappa shape index (κ3) is 3.42. The van der Waals surface area contributed by atoms with Crippen molar-refractivity contribution in [2.45, 2.75) is 6.42 Å². The fraction of sp³-hybridized carbons (Fsp3) is 0.188. The minimum atomic E-state index is -0.557. The summed E-state index contributed by atoms with van der Waals surface area (Å²) >= 11 is 0. The first-order chi connectivity index (χ1) is 9.74. The van der Waals surface area contributed by atoms with Gasteiger partial charge in [0.05, 0.1) is 12.2 Å². The first-order valence-corrected chi connectivity index (χ1v) is 6.24. The summed E-state index contributed by atoms with van der Waals surface area (Å²) in [6.07, 6.45) is 1.38. The number of para-hydroxylation sites is 1. The molecule has 0 radical (unpaired) electrons. The van der Waals surface area contributed by atoms with Crippen LogP contribution in [0, 0.1) is 5.82 Å². The molecule has 0 atom stereocenters. The van der Waals surface area contributed by atoms with Crippen molar-refractivity contribution in [1.29, 1.82) is 0 Å². The normalized spacial score (nSPS) is 10.3. The molecule has 2 aromatic rings. The molecule has 0 saturated heterocycles. The average molecular weight is 274 g/mol. The second kappa shape index (κ2) is 6.82. The van der Waals surface area contributed by atoms with Crippen LogP contribution < -0.4 is 4.74 Å². The van der Waals surface area contributed by atoms with Crippen molar-refractivity contribution in [1.82, 2.24) is 0 Å². The van der Waals surface area contributed by atoms with E-state index in [1.807, 2.05) is 12.1 Å². The smallest absolute Gasteiger partial charge is 0.173 e. The van der Waals surface area contributed by atoms with Crippen molar-refractivity contribution in [2.24, 2.45) is 0 Å². The van der Waals surface area contributed by atoms with Crippen LogP contribution in [-0.4, -0.2) is 20.0 Å². The van der Waals surface area contributed by atoms with Gasteiger partial charge in [-0.15, -0.1) is 0 Å². The third-order valence-corrected chi connectivity index (χ3v) is 2.86. The summed E-state index contributed by atoms with van der Waals surface area (Å²) in [5, 5.41) is 0. The van der Waals surface area contributed by atoms with E-state index in [2.05, 4.69) is 0 Å². The Hall–Kier alpha value is -2.20. The van der Waals surface area contributed by atoms with E-state index in [0.29, 0.717) is 18.6 Å². The molecule has 0 aliphatic carbocycles. The van der Waals surface area contributed by atoms with E-state index < -0.39 is 5.82 Å². The van der Waals surface area contributed by atoms with Crippen molar-refractivity contribution < 1.29 is 18.7 Å². The zero-order valence-electron chi connectivity index (χ0n) is 11.1. The van der Waals surface area contributed by atoms with Gasteiger partial charge in [0.1, 0.15) is 5.75 Å². The quantitative estimate of drug-likeness (QED) is 0.755. The van der Waals surface area contributed by atoms with Gasteiger partial charge in [0, 0.05) is 7.11 Å². The molecule has 3 nitrogen and oxygen atoms in total. The van der Waals surface area contributed by atoms with Gasteiger partial charge >= 0.3 is 0 Å². The van der Waals surface area contributed by atoms with Gasteiger partial charge in [0.2, 0.25) is 0 Å². The second-order valence-electron chi connectivity index (χ2n) is 4.26. The van der Waals surface area contributed by atoms with Crippen LogP contribution >= 0.6 is 0 Å². The molecule has 0 heterocycles. The molecular formula is C16H15FO3. The Morgan fingerprint density at radius 1 is 1.15 bits per heavy atom. The molecule has 20 heavy (non-hydrogen) atoms. The van der Waals surface area contributed by atoms with E-state index in [9.17, 15) is 9.18 Å². The minimum absolute atomic E-state index is 0.0489. The molecule has 0 unspecified atom stereocenters. The van der Waals surface area contributed by atoms with Crippen molar-refractivity contribution in [3.63, 3.8) is 0 Å². The molecule has 0 fully saturated rings. The number of aldehydes is 1. The number of ether oxygens (including phenoxy) is 2. The van der Waals surface area contributed by atoms with Gasteiger partial charge in [-0.05, 0) is 36.2 Å². The summed E-state index contributed by atoms with van der Waals surface area (Å²) in [5.74, 6) is -0.121. The Balaban J connectivity index is 2.16. The highest BCUT2D eigenvalue weighted by Gasteiger charge is 2.10. The molecule has 0 amide bonds. The first kappa shape index (κ1) is 14.2. The topological polar surface area (TPSA) is 35.5 Å². The van der Waals surface area contributed by atoms with Gasteiger partial charge in [-0.1, -0.05) is 18.2 Å². The molecule has 4 heteroatoms. The van der Waals surface area contributed by atoms with Crippen molar-refractivity contribution in [3.05, 3.63) is 59.4 Å². The number of halogens is 1. The molecule has 2 rings (SSSR count). The Kier molecular flexibility index (Phi) is 4.85. The molecule has 2 aromatic carbocycles. The average Bonchev–Trinajstić information content (AvgIpc) is 2.48. The Bertz CT molecular complexity index is 579. The summed E-state index contributed by atoms with van der Waals surface area (Å²) in [7, 11) is 1.65. The maximum Gasteiger partial charge on any atom is 0.173 e. The van der Waals surface area contributed by atoms with E-state index in [1.165, 1.54) is 18.2 Å². The number of rotatable bonds is 6. The Morgan fingerprint density at radius 3 is 2.55 bits per heavy atom. The fourth-order valence-corrected chi connectivity index (χ4v) is 1.79. The maximum atomic E-state index is 13.7. The highest BCUT2D eigenvalue weighted by atomic mass is 19.1. The van der Waals surface area contributed by atoms with Crippen LogP contribution in [0.1, 0.15) is 15.9 Å². The summed E-state index contributed by atoms with van der Waals surface area (Å²) < 4.78 is 24.1. The van der Waals surface area contributed by atoms with E-state index in [4.69, 9.17) is 9.47 Å². The van der Waals surface area contributed by atoms with Crippen molar-refractivity contribution in [2.75, 3.05) is 13.7 Å². The minimum Gasteiger partial charge on any atom is -0.454 e. The third-order valence-electron chi connectivity index (χ3n) is 2.86. The molecule has 104 valence electrons. The van der Waals surface area contributed by atoms with Crippen LogP contribution in [0.2, 0.25) is 0 Å². The number of carbonyl (C=O) groups excluding carboxylic acids is 1. The Labute approximate surface area is 117 Å². The van der Waals surface area contributed by atoms with Gasteiger partial charge in [0.15, 0.2) is 17.9 Å². The second-order valence-corrected chi connectivity index (χ2v) is 4.26. The van der Waals surface area contributed by atoms with Crippen LogP contribution in [0.5, 0.6) is 11.5 Å². The molecule has 0 aromatic heterocycles.